The highest BCUT2D eigenvalue weighted by Crippen LogP contribution is 2.20. The quantitative estimate of drug-likeness (QED) is 0.295. The Morgan fingerprint density at radius 1 is 1.00 bits per heavy atom. The molecule has 0 aromatic heterocycles. The van der Waals surface area contributed by atoms with Crippen LogP contribution in [0.15, 0.2) is 4.99 Å². The molecule has 0 aromatic rings. The van der Waals surface area contributed by atoms with Crippen LogP contribution in [0.2, 0.25) is 0 Å². The van der Waals surface area contributed by atoms with E-state index in [0.717, 1.165) is 25.5 Å². The van der Waals surface area contributed by atoms with E-state index < -0.39 is 0 Å². The first-order valence-electron chi connectivity index (χ1n) is 8.97. The third-order valence-corrected chi connectivity index (χ3v) is 4.69. The van der Waals surface area contributed by atoms with E-state index in [4.69, 9.17) is 4.74 Å². The zero-order valence-electron chi connectivity index (χ0n) is 14.1. The van der Waals surface area contributed by atoms with Gasteiger partial charge < -0.3 is 15.4 Å². The molecule has 2 fully saturated rings. The maximum Gasteiger partial charge on any atom is 0.191 e. The van der Waals surface area contributed by atoms with E-state index >= 15 is 0 Å². The van der Waals surface area contributed by atoms with Crippen LogP contribution in [-0.4, -0.2) is 38.3 Å². The van der Waals surface area contributed by atoms with E-state index in [9.17, 15) is 0 Å². The van der Waals surface area contributed by atoms with E-state index in [0.29, 0.717) is 12.1 Å². The normalized spacial score (nSPS) is 21.2. The van der Waals surface area contributed by atoms with Crippen LogP contribution < -0.4 is 10.6 Å². The Labute approximate surface area is 153 Å². The van der Waals surface area contributed by atoms with Crippen molar-refractivity contribution < 1.29 is 4.74 Å². The molecule has 22 heavy (non-hydrogen) atoms. The van der Waals surface area contributed by atoms with Crippen molar-refractivity contribution in [1.29, 1.82) is 0 Å². The summed E-state index contributed by atoms with van der Waals surface area (Å²) in [5.41, 5.74) is 0. The first kappa shape index (κ1) is 20.0. The van der Waals surface area contributed by atoms with Crippen LogP contribution in [0.25, 0.3) is 0 Å². The Morgan fingerprint density at radius 2 is 1.64 bits per heavy atom. The highest BCUT2D eigenvalue weighted by Gasteiger charge is 2.15. The Balaban J connectivity index is 0.00000242. The summed E-state index contributed by atoms with van der Waals surface area (Å²) < 4.78 is 5.95. The smallest absolute Gasteiger partial charge is 0.191 e. The molecule has 0 aromatic carbocycles. The van der Waals surface area contributed by atoms with Crippen LogP contribution in [0.3, 0.4) is 0 Å². The Morgan fingerprint density at radius 3 is 2.27 bits per heavy atom. The number of hydrogen-bond acceptors (Lipinski definition) is 2. The molecule has 2 rings (SSSR count). The maximum atomic E-state index is 5.95. The van der Waals surface area contributed by atoms with Gasteiger partial charge in [0.2, 0.25) is 0 Å². The monoisotopic (exact) mass is 423 g/mol. The van der Waals surface area contributed by atoms with E-state index in [-0.39, 0.29) is 24.0 Å². The molecule has 0 saturated heterocycles. The fourth-order valence-corrected chi connectivity index (χ4v) is 3.40. The van der Waals surface area contributed by atoms with Crippen LogP contribution in [0.4, 0.5) is 0 Å². The van der Waals surface area contributed by atoms with Crippen molar-refractivity contribution in [3.05, 3.63) is 0 Å². The standard InChI is InChI=1S/C17H33N3O.HI/c1-18-17(20-15-9-4-2-5-10-15)19-13-8-14-21-16-11-6-3-7-12-16;/h15-16H,2-14H2,1H3,(H2,18,19,20);1H. The molecular formula is C17H34IN3O. The zero-order chi connectivity index (χ0) is 14.8. The fourth-order valence-electron chi connectivity index (χ4n) is 3.40. The number of rotatable bonds is 6. The zero-order valence-corrected chi connectivity index (χ0v) is 16.4. The van der Waals surface area contributed by atoms with Gasteiger partial charge in [0.1, 0.15) is 0 Å². The molecule has 2 N–H and O–H groups in total. The lowest BCUT2D eigenvalue weighted by atomic mass is 9.96. The molecule has 2 saturated carbocycles. The van der Waals surface area contributed by atoms with Gasteiger partial charge in [0.25, 0.3) is 0 Å². The van der Waals surface area contributed by atoms with Crippen molar-refractivity contribution in [2.45, 2.75) is 82.8 Å². The molecule has 0 amide bonds. The summed E-state index contributed by atoms with van der Waals surface area (Å²) in [6.07, 6.45) is 14.9. The van der Waals surface area contributed by atoms with Gasteiger partial charge in [-0.1, -0.05) is 38.5 Å². The SMILES string of the molecule is CN=C(NCCCOC1CCCCC1)NC1CCCCC1.I. The Hall–Kier alpha value is -0.0400. The van der Waals surface area contributed by atoms with Crippen LogP contribution in [0, 0.1) is 0 Å². The summed E-state index contributed by atoms with van der Waals surface area (Å²) in [5.74, 6) is 0.958. The number of aliphatic imine (C=N–C) groups is 1. The third kappa shape index (κ3) is 7.99. The predicted molar refractivity (Wildman–Crippen MR) is 104 cm³/mol. The summed E-state index contributed by atoms with van der Waals surface area (Å²) in [7, 11) is 1.86. The average Bonchev–Trinajstić information content (AvgIpc) is 2.55. The molecular weight excluding hydrogens is 389 g/mol. The van der Waals surface area contributed by atoms with Crippen molar-refractivity contribution in [3.8, 4) is 0 Å². The third-order valence-electron chi connectivity index (χ3n) is 4.69. The van der Waals surface area contributed by atoms with Gasteiger partial charge >= 0.3 is 0 Å². The predicted octanol–water partition coefficient (Wildman–Crippen LogP) is 3.84. The van der Waals surface area contributed by atoms with Crippen molar-refractivity contribution in [2.75, 3.05) is 20.2 Å². The molecule has 0 bridgehead atoms. The second-order valence-electron chi connectivity index (χ2n) is 6.46. The minimum atomic E-state index is 0. The molecule has 5 heteroatoms. The molecule has 0 aliphatic heterocycles. The first-order chi connectivity index (χ1) is 10.4. The van der Waals surface area contributed by atoms with Crippen LogP contribution in [0.1, 0.15) is 70.6 Å². The summed E-state index contributed by atoms with van der Waals surface area (Å²) >= 11 is 0. The lowest BCUT2D eigenvalue weighted by Crippen LogP contribution is -2.44. The van der Waals surface area contributed by atoms with Gasteiger partial charge in [0, 0.05) is 26.2 Å². The van der Waals surface area contributed by atoms with Gasteiger partial charge in [-0.3, -0.25) is 4.99 Å². The highest BCUT2D eigenvalue weighted by atomic mass is 127. The topological polar surface area (TPSA) is 45.7 Å². The number of halogens is 1. The minimum Gasteiger partial charge on any atom is -0.378 e. The molecule has 4 nitrogen and oxygen atoms in total. The molecule has 0 heterocycles. The number of hydrogen-bond donors (Lipinski definition) is 2. The maximum absolute atomic E-state index is 5.95. The number of nitrogens with zero attached hydrogens (tertiary/aromatic N) is 1. The number of guanidine groups is 1. The molecule has 130 valence electrons. The second-order valence-corrected chi connectivity index (χ2v) is 6.46. The largest absolute Gasteiger partial charge is 0.378 e. The second kappa shape index (κ2) is 12.4. The Bertz CT molecular complexity index is 300. The van der Waals surface area contributed by atoms with Gasteiger partial charge in [-0.15, -0.1) is 24.0 Å². The van der Waals surface area contributed by atoms with Gasteiger partial charge in [-0.25, -0.2) is 0 Å². The van der Waals surface area contributed by atoms with Crippen molar-refractivity contribution in [2.24, 2.45) is 4.99 Å². The van der Waals surface area contributed by atoms with E-state index in [2.05, 4.69) is 15.6 Å². The lowest BCUT2D eigenvalue weighted by Gasteiger charge is -2.25. The summed E-state index contributed by atoms with van der Waals surface area (Å²) in [6, 6.07) is 0.614. The van der Waals surface area contributed by atoms with Gasteiger partial charge in [-0.2, -0.15) is 0 Å². The van der Waals surface area contributed by atoms with E-state index in [1.54, 1.807) is 0 Å². The molecule has 0 radical (unpaired) electrons. The van der Waals surface area contributed by atoms with E-state index in [1.807, 2.05) is 7.05 Å². The van der Waals surface area contributed by atoms with Gasteiger partial charge in [0.05, 0.1) is 6.10 Å². The number of ether oxygens (including phenoxy) is 1. The van der Waals surface area contributed by atoms with Crippen LogP contribution >= 0.6 is 24.0 Å². The van der Waals surface area contributed by atoms with Crippen molar-refractivity contribution >= 4 is 29.9 Å². The Kier molecular flexibility index (Phi) is 11.3. The van der Waals surface area contributed by atoms with Gasteiger partial charge in [-0.05, 0) is 32.1 Å². The van der Waals surface area contributed by atoms with Crippen LogP contribution in [0.5, 0.6) is 0 Å². The highest BCUT2D eigenvalue weighted by molar-refractivity contribution is 14.0. The average molecular weight is 423 g/mol. The molecule has 2 aliphatic rings. The minimum absolute atomic E-state index is 0. The van der Waals surface area contributed by atoms with Crippen molar-refractivity contribution in [3.63, 3.8) is 0 Å². The van der Waals surface area contributed by atoms with Crippen molar-refractivity contribution in [1.82, 2.24) is 10.6 Å². The molecule has 2 aliphatic carbocycles. The number of nitrogens with one attached hydrogen (secondary N) is 2. The molecule has 0 unspecified atom stereocenters. The fraction of sp³-hybridized carbons (Fsp3) is 0.941. The molecule has 0 spiro atoms. The summed E-state index contributed by atoms with van der Waals surface area (Å²) in [6.45, 7) is 1.82. The molecule has 0 atom stereocenters. The van der Waals surface area contributed by atoms with Gasteiger partial charge in [0.15, 0.2) is 5.96 Å². The van der Waals surface area contributed by atoms with Crippen LogP contribution in [-0.2, 0) is 4.74 Å². The lowest BCUT2D eigenvalue weighted by molar-refractivity contribution is 0.0277. The first-order valence-corrected chi connectivity index (χ1v) is 8.97. The summed E-state index contributed by atoms with van der Waals surface area (Å²) in [5, 5.41) is 6.96. The van der Waals surface area contributed by atoms with E-state index in [1.165, 1.54) is 64.2 Å². The summed E-state index contributed by atoms with van der Waals surface area (Å²) in [4.78, 5) is 4.32.